The van der Waals surface area contributed by atoms with Crippen LogP contribution in [0.3, 0.4) is 0 Å². The number of hydrogen-bond donors (Lipinski definition) is 1. The van der Waals surface area contributed by atoms with Crippen LogP contribution < -0.4 is 0 Å². The maximum atomic E-state index is 12.3. The first-order valence-corrected chi connectivity index (χ1v) is 6.41. The van der Waals surface area contributed by atoms with Crippen LogP contribution in [0.1, 0.15) is 15.9 Å². The number of phenols is 1. The van der Waals surface area contributed by atoms with E-state index in [1.165, 1.54) is 0 Å². The lowest BCUT2D eigenvalue weighted by Gasteiger charge is -2.32. The predicted molar refractivity (Wildman–Crippen MR) is 69.2 cm³/mol. The lowest BCUT2D eigenvalue weighted by Crippen LogP contribution is -2.46. The highest BCUT2D eigenvalue weighted by Gasteiger charge is 2.25. The van der Waals surface area contributed by atoms with Crippen molar-refractivity contribution >= 4 is 17.5 Å². The van der Waals surface area contributed by atoms with E-state index in [1.54, 1.807) is 17.0 Å². The smallest absolute Gasteiger partial charge is 0.257 e. The Kier molecular flexibility index (Phi) is 4.09. The summed E-state index contributed by atoms with van der Waals surface area (Å²) < 4.78 is 5.40. The molecule has 1 fully saturated rings. The summed E-state index contributed by atoms with van der Waals surface area (Å²) in [5, 5.41) is 9.81. The standard InChI is InChI=1S/C13H16ClNO3/c1-9-2-3-11(12(16)6-9)13(17)15-4-5-18-10(7-14)8-15/h2-3,6,10,16H,4-5,7-8H2,1H3. The average molecular weight is 270 g/mol. The minimum atomic E-state index is -0.175. The molecule has 0 aromatic heterocycles. The van der Waals surface area contributed by atoms with Crippen LogP contribution in [-0.4, -0.2) is 47.6 Å². The largest absolute Gasteiger partial charge is 0.507 e. The Bertz CT molecular complexity index is 450. The van der Waals surface area contributed by atoms with Gasteiger partial charge in [0.15, 0.2) is 0 Å². The van der Waals surface area contributed by atoms with Gasteiger partial charge in [-0.2, -0.15) is 0 Å². The lowest BCUT2D eigenvalue weighted by molar-refractivity contribution is -0.0109. The van der Waals surface area contributed by atoms with E-state index in [9.17, 15) is 9.90 Å². The molecule has 0 bridgehead atoms. The topological polar surface area (TPSA) is 49.8 Å². The van der Waals surface area contributed by atoms with Crippen LogP contribution >= 0.6 is 11.6 Å². The van der Waals surface area contributed by atoms with Gasteiger partial charge in [-0.15, -0.1) is 11.6 Å². The summed E-state index contributed by atoms with van der Waals surface area (Å²) in [6.07, 6.45) is -0.128. The molecule has 98 valence electrons. The Hall–Kier alpha value is -1.26. The third kappa shape index (κ3) is 2.76. The number of aromatic hydroxyl groups is 1. The number of rotatable bonds is 2. The molecule has 0 saturated carbocycles. The van der Waals surface area contributed by atoms with Crippen molar-refractivity contribution < 1.29 is 14.6 Å². The van der Waals surface area contributed by atoms with E-state index in [-0.39, 0.29) is 17.8 Å². The summed E-state index contributed by atoms with van der Waals surface area (Å²) in [6.45, 7) is 3.34. The van der Waals surface area contributed by atoms with E-state index in [1.807, 2.05) is 13.0 Å². The van der Waals surface area contributed by atoms with E-state index in [2.05, 4.69) is 0 Å². The lowest BCUT2D eigenvalue weighted by atomic mass is 10.1. The number of ether oxygens (including phenoxy) is 1. The molecule has 4 nitrogen and oxygen atoms in total. The van der Waals surface area contributed by atoms with Crippen LogP contribution in [0.2, 0.25) is 0 Å². The summed E-state index contributed by atoms with van der Waals surface area (Å²) in [7, 11) is 0. The zero-order chi connectivity index (χ0) is 13.1. The van der Waals surface area contributed by atoms with E-state index < -0.39 is 0 Å². The van der Waals surface area contributed by atoms with Crippen LogP contribution in [0.15, 0.2) is 18.2 Å². The molecule has 1 amide bonds. The molecular formula is C13H16ClNO3. The molecule has 1 N–H and O–H groups in total. The van der Waals surface area contributed by atoms with Gasteiger partial charge in [-0.05, 0) is 24.6 Å². The second-order valence-corrected chi connectivity index (χ2v) is 4.73. The molecule has 0 spiro atoms. The van der Waals surface area contributed by atoms with Crippen molar-refractivity contribution in [2.45, 2.75) is 13.0 Å². The van der Waals surface area contributed by atoms with Crippen molar-refractivity contribution in [2.75, 3.05) is 25.6 Å². The fourth-order valence-corrected chi connectivity index (χ4v) is 2.18. The van der Waals surface area contributed by atoms with E-state index in [0.29, 0.717) is 31.1 Å². The second kappa shape index (κ2) is 5.59. The van der Waals surface area contributed by atoms with Crippen LogP contribution in [0.25, 0.3) is 0 Å². The van der Waals surface area contributed by atoms with Gasteiger partial charge in [-0.25, -0.2) is 0 Å². The molecule has 0 radical (unpaired) electrons. The highest BCUT2D eigenvalue weighted by atomic mass is 35.5. The Morgan fingerprint density at radius 3 is 3.06 bits per heavy atom. The SMILES string of the molecule is Cc1ccc(C(=O)N2CCOC(CCl)C2)c(O)c1. The third-order valence-corrected chi connectivity index (χ3v) is 3.33. The fraction of sp³-hybridized carbons (Fsp3) is 0.462. The van der Waals surface area contributed by atoms with Crippen molar-refractivity contribution in [2.24, 2.45) is 0 Å². The summed E-state index contributed by atoms with van der Waals surface area (Å²) in [5.41, 5.74) is 1.25. The number of phenolic OH excluding ortho intramolecular Hbond substituents is 1. The van der Waals surface area contributed by atoms with Gasteiger partial charge in [0.25, 0.3) is 5.91 Å². The number of alkyl halides is 1. The van der Waals surface area contributed by atoms with Gasteiger partial charge in [-0.3, -0.25) is 4.79 Å². The van der Waals surface area contributed by atoms with Crippen LogP contribution in [0.4, 0.5) is 0 Å². The van der Waals surface area contributed by atoms with Gasteiger partial charge in [-0.1, -0.05) is 6.07 Å². The molecule has 5 heteroatoms. The monoisotopic (exact) mass is 269 g/mol. The number of hydrogen-bond acceptors (Lipinski definition) is 3. The van der Waals surface area contributed by atoms with Crippen LogP contribution in [0, 0.1) is 6.92 Å². The minimum Gasteiger partial charge on any atom is -0.507 e. The number of halogens is 1. The van der Waals surface area contributed by atoms with Gasteiger partial charge < -0.3 is 14.7 Å². The molecule has 1 aromatic carbocycles. The number of nitrogens with zero attached hydrogens (tertiary/aromatic N) is 1. The van der Waals surface area contributed by atoms with Crippen molar-refractivity contribution in [1.82, 2.24) is 4.90 Å². The molecule has 18 heavy (non-hydrogen) atoms. The molecule has 1 aromatic rings. The average Bonchev–Trinajstić information content (AvgIpc) is 2.38. The number of morpholine rings is 1. The Morgan fingerprint density at radius 1 is 1.61 bits per heavy atom. The highest BCUT2D eigenvalue weighted by molar-refractivity contribution is 6.18. The van der Waals surface area contributed by atoms with Crippen LogP contribution in [-0.2, 0) is 4.74 Å². The van der Waals surface area contributed by atoms with Crippen molar-refractivity contribution in [3.05, 3.63) is 29.3 Å². The van der Waals surface area contributed by atoms with Crippen molar-refractivity contribution in [1.29, 1.82) is 0 Å². The molecule has 1 saturated heterocycles. The molecule has 2 rings (SSSR count). The van der Waals surface area contributed by atoms with Gasteiger partial charge in [0.1, 0.15) is 5.75 Å². The maximum absolute atomic E-state index is 12.3. The second-order valence-electron chi connectivity index (χ2n) is 4.42. The number of carbonyl (C=O) groups excluding carboxylic acids is 1. The Labute approximate surface area is 111 Å². The molecular weight excluding hydrogens is 254 g/mol. The number of benzene rings is 1. The van der Waals surface area contributed by atoms with E-state index in [0.717, 1.165) is 5.56 Å². The summed E-state index contributed by atoms with van der Waals surface area (Å²) >= 11 is 5.74. The molecule has 0 aliphatic carbocycles. The number of aryl methyl sites for hydroxylation is 1. The third-order valence-electron chi connectivity index (χ3n) is 2.98. The number of carbonyl (C=O) groups is 1. The number of amides is 1. The molecule has 1 aliphatic rings. The zero-order valence-corrected chi connectivity index (χ0v) is 11.0. The first kappa shape index (κ1) is 13.2. The van der Waals surface area contributed by atoms with Crippen molar-refractivity contribution in [3.8, 4) is 5.75 Å². The highest BCUT2D eigenvalue weighted by Crippen LogP contribution is 2.21. The van der Waals surface area contributed by atoms with Gasteiger partial charge >= 0.3 is 0 Å². The summed E-state index contributed by atoms with van der Waals surface area (Å²) in [4.78, 5) is 13.9. The minimum absolute atomic E-state index is 0.0221. The molecule has 1 unspecified atom stereocenters. The van der Waals surface area contributed by atoms with Gasteiger partial charge in [0.05, 0.1) is 24.2 Å². The Balaban J connectivity index is 2.15. The summed E-state index contributed by atoms with van der Waals surface area (Å²) in [5.74, 6) is 0.212. The van der Waals surface area contributed by atoms with Gasteiger partial charge in [0.2, 0.25) is 0 Å². The Morgan fingerprint density at radius 2 is 2.39 bits per heavy atom. The normalized spacial score (nSPS) is 19.9. The first-order chi connectivity index (χ1) is 8.61. The van der Waals surface area contributed by atoms with E-state index >= 15 is 0 Å². The fourth-order valence-electron chi connectivity index (χ4n) is 1.99. The quantitative estimate of drug-likeness (QED) is 0.833. The maximum Gasteiger partial charge on any atom is 0.257 e. The van der Waals surface area contributed by atoms with Crippen LogP contribution in [0.5, 0.6) is 5.75 Å². The molecule has 1 atom stereocenters. The molecule has 1 aliphatic heterocycles. The first-order valence-electron chi connectivity index (χ1n) is 5.88. The zero-order valence-electron chi connectivity index (χ0n) is 10.2. The van der Waals surface area contributed by atoms with Crippen molar-refractivity contribution in [3.63, 3.8) is 0 Å². The summed E-state index contributed by atoms with van der Waals surface area (Å²) in [6, 6.07) is 5.05. The van der Waals surface area contributed by atoms with Gasteiger partial charge in [0, 0.05) is 13.1 Å². The molecule has 1 heterocycles. The predicted octanol–water partition coefficient (Wildman–Crippen LogP) is 1.78. The van der Waals surface area contributed by atoms with E-state index in [4.69, 9.17) is 16.3 Å².